The van der Waals surface area contributed by atoms with E-state index in [1.807, 2.05) is 66.7 Å². The molecule has 0 radical (unpaired) electrons. The third-order valence-corrected chi connectivity index (χ3v) is 4.81. The largest absolute Gasteiger partial charge is 0.493 e. The van der Waals surface area contributed by atoms with Gasteiger partial charge in [0.1, 0.15) is 29.5 Å². The van der Waals surface area contributed by atoms with E-state index in [0.29, 0.717) is 31.3 Å². The van der Waals surface area contributed by atoms with Gasteiger partial charge in [-0.3, -0.25) is 4.79 Å². The standard InChI is InChI=1S/C25H24N4O4/c26-25(30)24-23(27-29-28-24)19-7-9-20(10-8-19)31-15-4-16-32-21-11-13-22(14-12-21)33-17-18-5-2-1-3-6-18/h1-3,5-14H,4,15-17H2,(H2,26,30)(H,27,28,29). The predicted octanol–water partition coefficient (Wildman–Crippen LogP) is 4.00. The van der Waals surface area contributed by atoms with Crippen LogP contribution in [0.5, 0.6) is 17.2 Å². The van der Waals surface area contributed by atoms with Crippen molar-refractivity contribution in [3.63, 3.8) is 0 Å². The van der Waals surface area contributed by atoms with E-state index in [9.17, 15) is 4.79 Å². The topological polar surface area (TPSA) is 112 Å². The summed E-state index contributed by atoms with van der Waals surface area (Å²) in [6, 6.07) is 24.8. The Bertz CT molecular complexity index is 1160. The fourth-order valence-corrected chi connectivity index (χ4v) is 3.12. The molecule has 0 saturated carbocycles. The normalized spacial score (nSPS) is 10.5. The number of carbonyl (C=O) groups excluding carboxylic acids is 1. The lowest BCUT2D eigenvalue weighted by molar-refractivity contribution is 0.0996. The Labute approximate surface area is 191 Å². The number of rotatable bonds is 11. The zero-order valence-electron chi connectivity index (χ0n) is 17.9. The molecule has 8 heteroatoms. The molecule has 3 N–H and O–H groups in total. The first-order chi connectivity index (χ1) is 16.2. The fourth-order valence-electron chi connectivity index (χ4n) is 3.12. The number of hydrogen-bond donors (Lipinski definition) is 2. The molecule has 0 spiro atoms. The van der Waals surface area contributed by atoms with Gasteiger partial charge in [-0.25, -0.2) is 0 Å². The summed E-state index contributed by atoms with van der Waals surface area (Å²) >= 11 is 0. The van der Waals surface area contributed by atoms with Crippen molar-refractivity contribution in [3.8, 4) is 28.5 Å². The fraction of sp³-hybridized carbons (Fsp3) is 0.160. The van der Waals surface area contributed by atoms with Gasteiger partial charge in [-0.05, 0) is 54.1 Å². The summed E-state index contributed by atoms with van der Waals surface area (Å²) in [6.07, 6.45) is 0.725. The van der Waals surface area contributed by atoms with Gasteiger partial charge >= 0.3 is 0 Å². The molecule has 0 aliphatic heterocycles. The lowest BCUT2D eigenvalue weighted by Gasteiger charge is -2.10. The molecule has 0 bridgehead atoms. The summed E-state index contributed by atoms with van der Waals surface area (Å²) in [5.41, 5.74) is 7.68. The van der Waals surface area contributed by atoms with Gasteiger partial charge in [0.15, 0.2) is 5.69 Å². The molecule has 0 aliphatic carbocycles. The minimum atomic E-state index is -0.631. The van der Waals surface area contributed by atoms with Crippen molar-refractivity contribution in [1.82, 2.24) is 15.4 Å². The van der Waals surface area contributed by atoms with Crippen LogP contribution in [-0.2, 0) is 6.61 Å². The third kappa shape index (κ3) is 6.10. The molecule has 3 aromatic carbocycles. The van der Waals surface area contributed by atoms with E-state index in [1.165, 1.54) is 0 Å². The highest BCUT2D eigenvalue weighted by molar-refractivity contribution is 5.96. The number of amides is 1. The smallest absolute Gasteiger partial charge is 0.271 e. The minimum absolute atomic E-state index is 0.108. The molecule has 168 valence electrons. The Morgan fingerprint density at radius 2 is 1.33 bits per heavy atom. The molecule has 0 fully saturated rings. The summed E-state index contributed by atoms with van der Waals surface area (Å²) in [6.45, 7) is 1.57. The lowest BCUT2D eigenvalue weighted by Crippen LogP contribution is -2.12. The third-order valence-electron chi connectivity index (χ3n) is 4.81. The van der Waals surface area contributed by atoms with Crippen LogP contribution in [0.25, 0.3) is 11.3 Å². The summed E-state index contributed by atoms with van der Waals surface area (Å²) in [5, 5.41) is 10.2. The quantitative estimate of drug-likeness (QED) is 0.338. The van der Waals surface area contributed by atoms with E-state index in [0.717, 1.165) is 29.0 Å². The summed E-state index contributed by atoms with van der Waals surface area (Å²) in [5.74, 6) is 1.66. The van der Waals surface area contributed by atoms with Crippen molar-refractivity contribution in [2.75, 3.05) is 13.2 Å². The van der Waals surface area contributed by atoms with E-state index in [4.69, 9.17) is 19.9 Å². The number of ether oxygens (including phenoxy) is 3. The van der Waals surface area contributed by atoms with Gasteiger partial charge in [0.05, 0.1) is 13.2 Å². The summed E-state index contributed by atoms with van der Waals surface area (Å²) in [7, 11) is 0. The molecule has 0 atom stereocenters. The Morgan fingerprint density at radius 1 is 0.758 bits per heavy atom. The average Bonchev–Trinajstić information content (AvgIpc) is 3.35. The number of aromatic nitrogens is 3. The second-order valence-electron chi connectivity index (χ2n) is 7.21. The van der Waals surface area contributed by atoms with E-state index in [-0.39, 0.29) is 5.69 Å². The number of nitrogens with zero attached hydrogens (tertiary/aromatic N) is 2. The first kappa shape index (κ1) is 21.9. The number of primary amides is 1. The summed E-state index contributed by atoms with van der Waals surface area (Å²) in [4.78, 5) is 11.4. The lowest BCUT2D eigenvalue weighted by atomic mass is 10.1. The van der Waals surface area contributed by atoms with Crippen LogP contribution in [0, 0.1) is 0 Å². The monoisotopic (exact) mass is 444 g/mol. The maximum atomic E-state index is 11.4. The minimum Gasteiger partial charge on any atom is -0.493 e. The van der Waals surface area contributed by atoms with Crippen LogP contribution < -0.4 is 19.9 Å². The van der Waals surface area contributed by atoms with Gasteiger partial charge in [0.2, 0.25) is 0 Å². The second kappa shape index (κ2) is 10.8. The number of benzene rings is 3. The van der Waals surface area contributed by atoms with Crippen LogP contribution in [-0.4, -0.2) is 34.5 Å². The van der Waals surface area contributed by atoms with Crippen LogP contribution in [0.2, 0.25) is 0 Å². The highest BCUT2D eigenvalue weighted by Crippen LogP contribution is 2.23. The van der Waals surface area contributed by atoms with Gasteiger partial charge < -0.3 is 19.9 Å². The molecule has 4 aromatic rings. The molecule has 0 aliphatic rings. The van der Waals surface area contributed by atoms with Gasteiger partial charge in [-0.2, -0.15) is 15.4 Å². The number of H-pyrrole nitrogens is 1. The molecule has 33 heavy (non-hydrogen) atoms. The van der Waals surface area contributed by atoms with E-state index >= 15 is 0 Å². The highest BCUT2D eigenvalue weighted by atomic mass is 16.5. The van der Waals surface area contributed by atoms with E-state index in [2.05, 4.69) is 15.4 Å². The molecule has 1 amide bonds. The molecule has 1 heterocycles. The first-order valence-electron chi connectivity index (χ1n) is 10.5. The number of carbonyl (C=O) groups is 1. The molecule has 4 rings (SSSR count). The van der Waals surface area contributed by atoms with Crippen LogP contribution in [0.4, 0.5) is 0 Å². The van der Waals surface area contributed by atoms with Crippen molar-refractivity contribution in [2.45, 2.75) is 13.0 Å². The van der Waals surface area contributed by atoms with Gasteiger partial charge in [0.25, 0.3) is 5.91 Å². The van der Waals surface area contributed by atoms with Crippen molar-refractivity contribution in [1.29, 1.82) is 0 Å². The molecule has 1 aromatic heterocycles. The Morgan fingerprint density at radius 3 is 1.94 bits per heavy atom. The Balaban J connectivity index is 1.17. The van der Waals surface area contributed by atoms with Crippen molar-refractivity contribution >= 4 is 5.91 Å². The number of nitrogens with two attached hydrogens (primary N) is 1. The number of hydrogen-bond acceptors (Lipinski definition) is 6. The molecular formula is C25H24N4O4. The van der Waals surface area contributed by atoms with Crippen LogP contribution >= 0.6 is 0 Å². The first-order valence-corrected chi connectivity index (χ1v) is 10.5. The SMILES string of the molecule is NC(=O)c1n[nH]nc1-c1ccc(OCCCOc2ccc(OCc3ccccc3)cc2)cc1. The highest BCUT2D eigenvalue weighted by Gasteiger charge is 2.14. The van der Waals surface area contributed by atoms with Crippen molar-refractivity contribution < 1.29 is 19.0 Å². The zero-order valence-corrected chi connectivity index (χ0v) is 17.9. The van der Waals surface area contributed by atoms with Crippen molar-refractivity contribution in [3.05, 3.63) is 90.1 Å². The summed E-state index contributed by atoms with van der Waals surface area (Å²) < 4.78 is 17.3. The molecular weight excluding hydrogens is 420 g/mol. The van der Waals surface area contributed by atoms with Gasteiger partial charge in [-0.1, -0.05) is 30.3 Å². The Kier molecular flexibility index (Phi) is 7.17. The van der Waals surface area contributed by atoms with E-state index in [1.54, 1.807) is 12.1 Å². The van der Waals surface area contributed by atoms with E-state index < -0.39 is 5.91 Å². The second-order valence-corrected chi connectivity index (χ2v) is 7.21. The number of aromatic amines is 1. The maximum Gasteiger partial charge on any atom is 0.271 e. The van der Waals surface area contributed by atoms with Crippen LogP contribution in [0.3, 0.4) is 0 Å². The Hall–Kier alpha value is -4.33. The molecule has 0 unspecified atom stereocenters. The van der Waals surface area contributed by atoms with Crippen LogP contribution in [0.1, 0.15) is 22.5 Å². The van der Waals surface area contributed by atoms with Gasteiger partial charge in [-0.15, -0.1) is 0 Å². The maximum absolute atomic E-state index is 11.4. The van der Waals surface area contributed by atoms with Crippen molar-refractivity contribution in [2.24, 2.45) is 5.73 Å². The predicted molar refractivity (Wildman–Crippen MR) is 123 cm³/mol. The van der Waals surface area contributed by atoms with Crippen LogP contribution in [0.15, 0.2) is 78.9 Å². The molecule has 8 nitrogen and oxygen atoms in total. The average molecular weight is 444 g/mol. The van der Waals surface area contributed by atoms with Gasteiger partial charge in [0, 0.05) is 12.0 Å². The molecule has 0 saturated heterocycles. The number of nitrogens with one attached hydrogen (secondary N) is 1. The zero-order chi connectivity index (χ0) is 22.9.